The number of nitrogens with one attached hydrogen (secondary N) is 1. The number of rotatable bonds is 5. The molecule has 0 saturated heterocycles. The van der Waals surface area contributed by atoms with E-state index in [9.17, 15) is 4.39 Å². The summed E-state index contributed by atoms with van der Waals surface area (Å²) >= 11 is 6.59. The molecule has 0 aliphatic carbocycles. The predicted octanol–water partition coefficient (Wildman–Crippen LogP) is 5.07. The van der Waals surface area contributed by atoms with Crippen molar-refractivity contribution in [3.8, 4) is 0 Å². The maximum absolute atomic E-state index is 13.4. The zero-order valence-corrected chi connectivity index (χ0v) is 14.3. The van der Waals surface area contributed by atoms with Crippen molar-refractivity contribution in [1.82, 2.24) is 5.32 Å². The third kappa shape index (κ3) is 4.69. The van der Waals surface area contributed by atoms with Crippen LogP contribution in [0.1, 0.15) is 18.1 Å². The second kappa shape index (κ2) is 7.34. The molecular formula is C16H16Br2FN. The summed E-state index contributed by atoms with van der Waals surface area (Å²) in [6, 6.07) is 13.9. The molecule has 2 aromatic carbocycles. The van der Waals surface area contributed by atoms with Gasteiger partial charge in [-0.2, -0.15) is 0 Å². The standard InChI is InChI=1S/C16H16Br2FN/c1-11(8-12-2-5-14(17)6-3-12)20-10-13-4-7-15(18)16(19)9-13/h2-7,9,11,20H,8,10H2,1H3. The molecule has 0 heterocycles. The van der Waals surface area contributed by atoms with Crippen LogP contribution in [0, 0.1) is 5.82 Å². The van der Waals surface area contributed by atoms with E-state index in [0.29, 0.717) is 17.1 Å². The first kappa shape index (κ1) is 15.7. The van der Waals surface area contributed by atoms with Crippen LogP contribution >= 0.6 is 31.9 Å². The van der Waals surface area contributed by atoms with Crippen molar-refractivity contribution in [2.75, 3.05) is 0 Å². The molecule has 0 aliphatic rings. The van der Waals surface area contributed by atoms with Gasteiger partial charge in [0.2, 0.25) is 0 Å². The lowest BCUT2D eigenvalue weighted by atomic mass is 10.1. The first-order valence-electron chi connectivity index (χ1n) is 6.46. The van der Waals surface area contributed by atoms with Crippen molar-refractivity contribution in [3.05, 3.63) is 68.4 Å². The van der Waals surface area contributed by atoms with Gasteiger partial charge in [-0.25, -0.2) is 4.39 Å². The minimum atomic E-state index is -0.218. The van der Waals surface area contributed by atoms with Crippen LogP contribution in [0.15, 0.2) is 51.4 Å². The number of halogens is 3. The van der Waals surface area contributed by atoms with Crippen LogP contribution in [0.5, 0.6) is 0 Å². The summed E-state index contributed by atoms with van der Waals surface area (Å²) in [5.41, 5.74) is 2.24. The van der Waals surface area contributed by atoms with E-state index >= 15 is 0 Å². The van der Waals surface area contributed by atoms with Gasteiger partial charge < -0.3 is 5.32 Å². The molecule has 0 amide bonds. The van der Waals surface area contributed by atoms with E-state index in [1.54, 1.807) is 12.1 Å². The first-order chi connectivity index (χ1) is 9.54. The fourth-order valence-corrected chi connectivity index (χ4v) is 2.50. The Kier molecular flexibility index (Phi) is 5.75. The van der Waals surface area contributed by atoms with Crippen LogP contribution in [0.25, 0.3) is 0 Å². The maximum Gasteiger partial charge on any atom is 0.137 e. The first-order valence-corrected chi connectivity index (χ1v) is 8.05. The molecule has 20 heavy (non-hydrogen) atoms. The summed E-state index contributed by atoms with van der Waals surface area (Å²) < 4.78 is 15.0. The summed E-state index contributed by atoms with van der Waals surface area (Å²) in [5.74, 6) is -0.218. The van der Waals surface area contributed by atoms with E-state index in [1.165, 1.54) is 5.56 Å². The Morgan fingerprint density at radius 1 is 1.05 bits per heavy atom. The Morgan fingerprint density at radius 2 is 1.70 bits per heavy atom. The van der Waals surface area contributed by atoms with Gasteiger partial charge in [0.05, 0.1) is 4.47 Å². The Balaban J connectivity index is 1.86. The molecule has 0 aromatic heterocycles. The van der Waals surface area contributed by atoms with Crippen LogP contribution in [0.4, 0.5) is 4.39 Å². The van der Waals surface area contributed by atoms with Gasteiger partial charge in [0, 0.05) is 17.1 Å². The van der Waals surface area contributed by atoms with Crippen LogP contribution in [-0.2, 0) is 13.0 Å². The van der Waals surface area contributed by atoms with E-state index in [-0.39, 0.29) is 5.82 Å². The van der Waals surface area contributed by atoms with Gasteiger partial charge >= 0.3 is 0 Å². The minimum absolute atomic E-state index is 0.218. The third-order valence-electron chi connectivity index (χ3n) is 3.09. The topological polar surface area (TPSA) is 12.0 Å². The van der Waals surface area contributed by atoms with Gasteiger partial charge in [-0.15, -0.1) is 0 Å². The Hall–Kier alpha value is -0.710. The molecule has 1 atom stereocenters. The molecule has 0 fully saturated rings. The van der Waals surface area contributed by atoms with Crippen molar-refractivity contribution in [2.45, 2.75) is 25.9 Å². The molecule has 2 rings (SSSR count). The molecule has 4 heteroatoms. The fraction of sp³-hybridized carbons (Fsp3) is 0.250. The smallest absolute Gasteiger partial charge is 0.137 e. The van der Waals surface area contributed by atoms with Gasteiger partial charge in [-0.05, 0) is 64.7 Å². The molecule has 0 aliphatic heterocycles. The average Bonchev–Trinajstić information content (AvgIpc) is 2.43. The van der Waals surface area contributed by atoms with Crippen molar-refractivity contribution in [2.24, 2.45) is 0 Å². The summed E-state index contributed by atoms with van der Waals surface area (Å²) in [5, 5.41) is 3.41. The van der Waals surface area contributed by atoms with Gasteiger partial charge in [0.1, 0.15) is 5.82 Å². The molecule has 1 N–H and O–H groups in total. The Morgan fingerprint density at radius 3 is 2.35 bits per heavy atom. The molecule has 0 bridgehead atoms. The van der Waals surface area contributed by atoms with Crippen LogP contribution in [-0.4, -0.2) is 6.04 Å². The van der Waals surface area contributed by atoms with Crippen molar-refractivity contribution >= 4 is 31.9 Å². The van der Waals surface area contributed by atoms with Crippen molar-refractivity contribution in [1.29, 1.82) is 0 Å². The fourth-order valence-electron chi connectivity index (χ4n) is 1.99. The summed E-state index contributed by atoms with van der Waals surface area (Å²) in [6.07, 6.45) is 0.951. The molecular weight excluding hydrogens is 385 g/mol. The Bertz CT molecular complexity index is 569. The molecule has 0 spiro atoms. The molecule has 0 saturated carbocycles. The van der Waals surface area contributed by atoms with Gasteiger partial charge in [0.15, 0.2) is 0 Å². The third-order valence-corrected chi connectivity index (χ3v) is 4.27. The zero-order valence-electron chi connectivity index (χ0n) is 11.2. The summed E-state index contributed by atoms with van der Waals surface area (Å²) in [6.45, 7) is 2.80. The molecule has 106 valence electrons. The van der Waals surface area contributed by atoms with Gasteiger partial charge in [-0.3, -0.25) is 0 Å². The number of benzene rings is 2. The lowest BCUT2D eigenvalue weighted by Gasteiger charge is -2.14. The summed E-state index contributed by atoms with van der Waals surface area (Å²) in [7, 11) is 0. The van der Waals surface area contributed by atoms with Gasteiger partial charge in [-0.1, -0.05) is 34.1 Å². The lowest BCUT2D eigenvalue weighted by Crippen LogP contribution is -2.27. The van der Waals surface area contributed by atoms with E-state index < -0.39 is 0 Å². The quantitative estimate of drug-likeness (QED) is 0.738. The minimum Gasteiger partial charge on any atom is -0.310 e. The highest BCUT2D eigenvalue weighted by molar-refractivity contribution is 9.10. The normalized spacial score (nSPS) is 12.4. The van der Waals surface area contributed by atoms with E-state index in [2.05, 4.69) is 56.2 Å². The lowest BCUT2D eigenvalue weighted by molar-refractivity contribution is 0.542. The molecule has 0 radical (unpaired) electrons. The van der Waals surface area contributed by atoms with Crippen molar-refractivity contribution < 1.29 is 4.39 Å². The number of hydrogen-bond acceptors (Lipinski definition) is 1. The second-order valence-electron chi connectivity index (χ2n) is 4.86. The van der Waals surface area contributed by atoms with E-state index in [0.717, 1.165) is 16.5 Å². The second-order valence-corrected chi connectivity index (χ2v) is 6.63. The highest BCUT2D eigenvalue weighted by Crippen LogP contribution is 2.16. The average molecular weight is 401 g/mol. The van der Waals surface area contributed by atoms with Crippen LogP contribution in [0.2, 0.25) is 0 Å². The maximum atomic E-state index is 13.4. The predicted molar refractivity (Wildman–Crippen MR) is 88.2 cm³/mol. The molecule has 1 nitrogen and oxygen atoms in total. The highest BCUT2D eigenvalue weighted by atomic mass is 79.9. The summed E-state index contributed by atoms with van der Waals surface area (Å²) in [4.78, 5) is 0. The van der Waals surface area contributed by atoms with Crippen molar-refractivity contribution in [3.63, 3.8) is 0 Å². The van der Waals surface area contributed by atoms with Gasteiger partial charge in [0.25, 0.3) is 0 Å². The largest absolute Gasteiger partial charge is 0.310 e. The SMILES string of the molecule is CC(Cc1ccc(Br)cc1)NCc1ccc(Br)c(F)c1. The van der Waals surface area contributed by atoms with E-state index in [4.69, 9.17) is 0 Å². The monoisotopic (exact) mass is 399 g/mol. The van der Waals surface area contributed by atoms with Crippen LogP contribution < -0.4 is 5.32 Å². The molecule has 1 unspecified atom stereocenters. The van der Waals surface area contributed by atoms with Crippen LogP contribution in [0.3, 0.4) is 0 Å². The zero-order chi connectivity index (χ0) is 14.5. The highest BCUT2D eigenvalue weighted by Gasteiger charge is 2.05. The Labute approximate surface area is 135 Å². The number of hydrogen-bond donors (Lipinski definition) is 1. The van der Waals surface area contributed by atoms with E-state index in [1.807, 2.05) is 18.2 Å². The molecule has 2 aromatic rings.